The van der Waals surface area contributed by atoms with Crippen LogP contribution in [0.3, 0.4) is 0 Å². The smallest absolute Gasteiger partial charge is 0.257 e. The van der Waals surface area contributed by atoms with Gasteiger partial charge in [-0.05, 0) is 41.5 Å². The number of aryl methyl sites for hydroxylation is 1. The number of aliphatic hydroxyl groups excluding tert-OH is 1. The van der Waals surface area contributed by atoms with Gasteiger partial charge in [-0.2, -0.15) is 9.57 Å². The molecule has 2 aromatic carbocycles. The summed E-state index contributed by atoms with van der Waals surface area (Å²) in [4.78, 5) is 27.2. The Hall–Kier alpha value is -3.53. The molecular weight excluding hydrogens is 560 g/mol. The van der Waals surface area contributed by atoms with E-state index in [1.807, 2.05) is 6.07 Å². The Bertz CT molecular complexity index is 1740. The van der Waals surface area contributed by atoms with Crippen molar-refractivity contribution in [2.75, 3.05) is 12.8 Å². The first kappa shape index (κ1) is 28.5. The second-order valence-corrected chi connectivity index (χ2v) is 12.6. The van der Waals surface area contributed by atoms with Crippen LogP contribution >= 0.6 is 22.9 Å². The van der Waals surface area contributed by atoms with Gasteiger partial charge in [-0.1, -0.05) is 35.9 Å². The van der Waals surface area contributed by atoms with Gasteiger partial charge in [0.1, 0.15) is 10.4 Å². The highest BCUT2D eigenvalue weighted by Gasteiger charge is 2.24. The lowest BCUT2D eigenvalue weighted by Gasteiger charge is -2.22. The highest BCUT2D eigenvalue weighted by Crippen LogP contribution is 2.27. The van der Waals surface area contributed by atoms with E-state index in [4.69, 9.17) is 16.9 Å². The molecule has 0 radical (unpaired) electrons. The van der Waals surface area contributed by atoms with E-state index in [2.05, 4.69) is 5.32 Å². The number of sulfonamides is 1. The van der Waals surface area contributed by atoms with Crippen molar-refractivity contribution in [1.29, 1.82) is 5.26 Å². The van der Waals surface area contributed by atoms with Crippen LogP contribution in [0.15, 0.2) is 65.6 Å². The maximum atomic E-state index is 13.2. The Labute approximate surface area is 234 Å². The van der Waals surface area contributed by atoms with Gasteiger partial charge in [-0.15, -0.1) is 11.3 Å². The maximum absolute atomic E-state index is 13.2. The van der Waals surface area contributed by atoms with Gasteiger partial charge in [-0.25, -0.2) is 8.42 Å². The van der Waals surface area contributed by atoms with Gasteiger partial charge >= 0.3 is 0 Å². The Morgan fingerprint density at radius 3 is 2.62 bits per heavy atom. The maximum Gasteiger partial charge on any atom is 0.257 e. The number of fused-ring (bicyclic) bond motifs is 1. The summed E-state index contributed by atoms with van der Waals surface area (Å²) < 4.78 is 27.9. The minimum absolute atomic E-state index is 0.0314. The highest BCUT2D eigenvalue weighted by atomic mass is 35.5. The number of hydrogen-bond donors (Lipinski definition) is 2. The number of nitriles is 1. The third kappa shape index (κ3) is 6.73. The lowest BCUT2D eigenvalue weighted by molar-refractivity contribution is 0.0949. The Morgan fingerprint density at radius 2 is 1.95 bits per heavy atom. The summed E-state index contributed by atoms with van der Waals surface area (Å²) in [5, 5.41) is 23.4. The second-order valence-electron chi connectivity index (χ2n) is 9.03. The van der Waals surface area contributed by atoms with Crippen molar-refractivity contribution in [3.63, 3.8) is 0 Å². The summed E-state index contributed by atoms with van der Waals surface area (Å²) in [6.45, 7) is -0.101. The molecule has 0 aliphatic rings. The van der Waals surface area contributed by atoms with Crippen molar-refractivity contribution in [3.8, 4) is 6.07 Å². The zero-order chi connectivity index (χ0) is 28.3. The molecule has 0 aliphatic heterocycles. The zero-order valence-corrected chi connectivity index (χ0v) is 23.5. The minimum atomic E-state index is -3.74. The van der Waals surface area contributed by atoms with Crippen LogP contribution in [0.2, 0.25) is 5.02 Å². The van der Waals surface area contributed by atoms with E-state index in [0.29, 0.717) is 31.2 Å². The summed E-state index contributed by atoms with van der Waals surface area (Å²) in [6.07, 6.45) is 1.34. The number of aromatic nitrogens is 1. The third-order valence-corrected chi connectivity index (χ3v) is 8.76. The van der Waals surface area contributed by atoms with E-state index >= 15 is 0 Å². The van der Waals surface area contributed by atoms with E-state index in [-0.39, 0.29) is 25.2 Å². The molecule has 0 aliphatic carbocycles. The van der Waals surface area contributed by atoms with Crippen molar-refractivity contribution in [3.05, 3.63) is 103 Å². The van der Waals surface area contributed by atoms with Gasteiger partial charge in [0.15, 0.2) is 0 Å². The summed E-state index contributed by atoms with van der Waals surface area (Å²) in [5.74, 6) is -0.527. The number of hydrogen-bond acceptors (Lipinski definition) is 7. The van der Waals surface area contributed by atoms with Crippen molar-refractivity contribution in [2.24, 2.45) is 7.05 Å². The minimum Gasteiger partial charge on any atom is -0.387 e. The van der Waals surface area contributed by atoms with E-state index < -0.39 is 27.5 Å². The molecule has 1 unspecified atom stereocenters. The van der Waals surface area contributed by atoms with Crippen molar-refractivity contribution in [2.45, 2.75) is 19.2 Å². The lowest BCUT2D eigenvalue weighted by atomic mass is 10.1. The number of carbonyl (C=O) groups is 1. The molecule has 9 nitrogen and oxygen atoms in total. The molecule has 12 heteroatoms. The van der Waals surface area contributed by atoms with Crippen LogP contribution in [0.25, 0.3) is 10.2 Å². The van der Waals surface area contributed by atoms with E-state index in [9.17, 15) is 23.1 Å². The number of thiophene rings is 1. The molecule has 0 saturated heterocycles. The molecule has 2 N–H and O–H groups in total. The first-order valence-electron chi connectivity index (χ1n) is 11.7. The van der Waals surface area contributed by atoms with Crippen LogP contribution in [0.5, 0.6) is 0 Å². The lowest BCUT2D eigenvalue weighted by Crippen LogP contribution is -2.33. The summed E-state index contributed by atoms with van der Waals surface area (Å²) in [5.41, 5.74) is 1.10. The van der Waals surface area contributed by atoms with Gasteiger partial charge in [0.05, 0.1) is 29.4 Å². The molecule has 1 atom stereocenters. The van der Waals surface area contributed by atoms with Crippen molar-refractivity contribution < 1.29 is 18.3 Å². The fraction of sp³-hybridized carbons (Fsp3) is 0.222. The van der Waals surface area contributed by atoms with Gasteiger partial charge in [0.2, 0.25) is 15.5 Å². The SMILES string of the molecule is Cn1cc(C(=O)NCc2ccc(Cl)cc2)c(=O)c2cc(CN(CC(O)c3cccc(C#N)c3)S(C)(=O)=O)sc21. The molecular formula is C27H25ClN4O5S2. The number of nitrogens with one attached hydrogen (secondary N) is 1. The summed E-state index contributed by atoms with van der Waals surface area (Å²) >= 11 is 7.13. The predicted molar refractivity (Wildman–Crippen MR) is 151 cm³/mol. The Balaban J connectivity index is 1.57. The fourth-order valence-corrected chi connectivity index (χ4v) is 6.13. The fourth-order valence-electron chi connectivity index (χ4n) is 4.04. The van der Waals surface area contributed by atoms with Crippen LogP contribution < -0.4 is 10.7 Å². The van der Waals surface area contributed by atoms with Gasteiger partial charge in [0, 0.05) is 42.8 Å². The Morgan fingerprint density at radius 1 is 1.23 bits per heavy atom. The monoisotopic (exact) mass is 584 g/mol. The van der Waals surface area contributed by atoms with Crippen LogP contribution in [0.4, 0.5) is 0 Å². The molecule has 2 aromatic heterocycles. The van der Waals surface area contributed by atoms with Gasteiger partial charge in [-0.3, -0.25) is 9.59 Å². The Kier molecular flexibility index (Phi) is 8.54. The van der Waals surface area contributed by atoms with Crippen LogP contribution in [0, 0.1) is 11.3 Å². The molecule has 0 spiro atoms. The number of halogens is 1. The van der Waals surface area contributed by atoms with Gasteiger partial charge in [0.25, 0.3) is 5.91 Å². The zero-order valence-electron chi connectivity index (χ0n) is 21.1. The quantitative estimate of drug-likeness (QED) is 0.309. The number of aliphatic hydroxyl groups is 1. The first-order valence-corrected chi connectivity index (χ1v) is 14.8. The van der Waals surface area contributed by atoms with E-state index in [1.165, 1.54) is 23.6 Å². The van der Waals surface area contributed by atoms with Gasteiger partial charge < -0.3 is 15.0 Å². The topological polar surface area (TPSA) is 132 Å². The number of nitrogens with zero attached hydrogens (tertiary/aromatic N) is 3. The predicted octanol–water partition coefficient (Wildman–Crippen LogP) is 3.55. The van der Waals surface area contributed by atoms with Crippen LogP contribution in [0.1, 0.15) is 38.0 Å². The third-order valence-electron chi connectivity index (χ3n) is 6.09. The van der Waals surface area contributed by atoms with Crippen LogP contribution in [-0.4, -0.2) is 41.1 Å². The van der Waals surface area contributed by atoms with E-state index in [0.717, 1.165) is 16.1 Å². The number of carbonyl (C=O) groups excluding carboxylic acids is 1. The molecule has 39 heavy (non-hydrogen) atoms. The molecule has 1 amide bonds. The summed E-state index contributed by atoms with van der Waals surface area (Å²) in [7, 11) is -2.03. The number of pyridine rings is 1. The van der Waals surface area contributed by atoms with E-state index in [1.54, 1.807) is 60.1 Å². The van der Waals surface area contributed by atoms with Crippen LogP contribution in [-0.2, 0) is 30.2 Å². The average molecular weight is 585 g/mol. The molecule has 4 aromatic rings. The van der Waals surface area contributed by atoms with Crippen molar-refractivity contribution >= 4 is 49.1 Å². The number of amides is 1. The summed E-state index contributed by atoms with van der Waals surface area (Å²) in [6, 6.07) is 16.9. The molecule has 4 rings (SSSR count). The largest absolute Gasteiger partial charge is 0.387 e. The second kappa shape index (κ2) is 11.7. The molecule has 2 heterocycles. The molecule has 0 fully saturated rings. The molecule has 0 saturated carbocycles. The number of benzene rings is 2. The highest BCUT2D eigenvalue weighted by molar-refractivity contribution is 7.88. The number of rotatable bonds is 9. The van der Waals surface area contributed by atoms with Crippen molar-refractivity contribution in [1.82, 2.24) is 14.2 Å². The molecule has 202 valence electrons. The normalized spacial score (nSPS) is 12.4. The molecule has 0 bridgehead atoms. The average Bonchev–Trinajstić information content (AvgIpc) is 3.34. The first-order chi connectivity index (χ1) is 18.5. The standard InChI is InChI=1S/C27H25ClN4O5S2/c1-31-15-23(26(35)30-13-17-6-8-20(28)9-7-17)25(34)22-11-21(38-27(22)31)14-32(39(2,36)37)16-24(33)19-5-3-4-18(10-19)12-29/h3-11,15,24,33H,13-14,16H2,1-2H3,(H,30,35).